The Hall–Kier alpha value is -1.03. The largest absolute Gasteiger partial charge is 0.332 e. The monoisotopic (exact) mass is 232 g/mol. The molecule has 2 N–H and O–H groups in total. The van der Waals surface area contributed by atoms with E-state index in [0.717, 1.165) is 0 Å². The fraction of sp³-hybridized carbons (Fsp3) is 0.222. The van der Waals surface area contributed by atoms with Crippen LogP contribution in [0.4, 0.5) is 4.39 Å². The van der Waals surface area contributed by atoms with Crippen molar-refractivity contribution in [3.8, 4) is 0 Å². The molecule has 0 unspecified atom stereocenters. The van der Waals surface area contributed by atoms with Gasteiger partial charge in [-0.05, 0) is 17.7 Å². The summed E-state index contributed by atoms with van der Waals surface area (Å²) in [6, 6.07) is 5.21. The molecule has 0 fully saturated rings. The maximum Gasteiger partial charge on any atom is 0.332 e. The Kier molecular flexibility index (Phi) is 3.74. The third kappa shape index (κ3) is 4.83. The number of hydrogen-bond acceptors (Lipinski definition) is 2. The van der Waals surface area contributed by atoms with Crippen molar-refractivity contribution >= 4 is 13.4 Å². The Morgan fingerprint density at radius 3 is 2.27 bits per heavy atom. The van der Waals surface area contributed by atoms with E-state index < -0.39 is 25.4 Å². The minimum atomic E-state index is -4.29. The molecule has 0 radical (unpaired) electrons. The highest BCUT2D eigenvalue weighted by Crippen LogP contribution is 2.34. The van der Waals surface area contributed by atoms with Crippen molar-refractivity contribution in [3.63, 3.8) is 0 Å². The van der Waals surface area contributed by atoms with Crippen molar-refractivity contribution in [2.75, 3.05) is 6.16 Å². The average Bonchev–Trinajstić information content (AvgIpc) is 2.05. The molecule has 0 amide bonds. The standard InChI is InChI=1S/C9H10FO4P/c10-8-3-1-7(2-4-8)5-9(11)6-15(12,13)14/h1-4H,5-6H2,(H2,12,13,14). The first kappa shape index (κ1) is 12.0. The number of halogens is 1. The third-order valence-corrected chi connectivity index (χ3v) is 2.46. The molecule has 1 aromatic carbocycles. The highest BCUT2D eigenvalue weighted by Gasteiger charge is 2.18. The van der Waals surface area contributed by atoms with Gasteiger partial charge in [0.05, 0.1) is 0 Å². The molecule has 1 rings (SSSR count). The number of carbonyl (C=O) groups excluding carboxylic acids is 1. The van der Waals surface area contributed by atoms with Gasteiger partial charge in [-0.3, -0.25) is 9.36 Å². The average molecular weight is 232 g/mol. The van der Waals surface area contributed by atoms with E-state index >= 15 is 0 Å². The molecule has 82 valence electrons. The summed E-state index contributed by atoms with van der Waals surface area (Å²) < 4.78 is 23.0. The number of hydrogen-bond donors (Lipinski definition) is 2. The highest BCUT2D eigenvalue weighted by molar-refractivity contribution is 7.52. The van der Waals surface area contributed by atoms with Crippen LogP contribution < -0.4 is 0 Å². The maximum atomic E-state index is 12.5. The summed E-state index contributed by atoms with van der Waals surface area (Å²) in [6.07, 6.45) is -0.865. The Morgan fingerprint density at radius 2 is 1.80 bits per heavy atom. The Bertz CT molecular complexity index is 395. The van der Waals surface area contributed by atoms with E-state index in [9.17, 15) is 13.8 Å². The number of ketones is 1. The zero-order valence-corrected chi connectivity index (χ0v) is 8.65. The molecule has 0 aliphatic rings. The maximum absolute atomic E-state index is 12.5. The van der Waals surface area contributed by atoms with Gasteiger partial charge < -0.3 is 9.79 Å². The van der Waals surface area contributed by atoms with E-state index in [2.05, 4.69) is 0 Å². The van der Waals surface area contributed by atoms with Crippen LogP contribution in [0.5, 0.6) is 0 Å². The van der Waals surface area contributed by atoms with E-state index in [1.54, 1.807) is 0 Å². The van der Waals surface area contributed by atoms with Gasteiger partial charge in [-0.25, -0.2) is 4.39 Å². The van der Waals surface area contributed by atoms with Crippen LogP contribution in [0.15, 0.2) is 24.3 Å². The Morgan fingerprint density at radius 1 is 1.27 bits per heavy atom. The van der Waals surface area contributed by atoms with Crippen LogP contribution in [0.1, 0.15) is 5.56 Å². The second-order valence-corrected chi connectivity index (χ2v) is 4.81. The van der Waals surface area contributed by atoms with Crippen LogP contribution in [-0.2, 0) is 15.8 Å². The molecule has 15 heavy (non-hydrogen) atoms. The van der Waals surface area contributed by atoms with Crippen LogP contribution in [-0.4, -0.2) is 21.7 Å². The van der Waals surface area contributed by atoms with Crippen LogP contribution in [0.3, 0.4) is 0 Å². The number of Topliss-reactive ketones (excluding diaryl/α,β-unsaturated/α-hetero) is 1. The number of carbonyl (C=O) groups is 1. The van der Waals surface area contributed by atoms with Crippen LogP contribution in [0.2, 0.25) is 0 Å². The smallest absolute Gasteiger partial charge is 0.324 e. The van der Waals surface area contributed by atoms with E-state index in [0.29, 0.717) is 5.56 Å². The van der Waals surface area contributed by atoms with Crippen molar-refractivity contribution in [1.82, 2.24) is 0 Å². The van der Waals surface area contributed by atoms with E-state index in [1.807, 2.05) is 0 Å². The molecular formula is C9H10FO4P. The topological polar surface area (TPSA) is 74.6 Å². The molecule has 0 heterocycles. The van der Waals surface area contributed by atoms with Gasteiger partial charge in [-0.15, -0.1) is 0 Å². The molecule has 6 heteroatoms. The zero-order valence-electron chi connectivity index (χ0n) is 7.76. The Balaban J connectivity index is 2.59. The number of benzene rings is 1. The predicted molar refractivity (Wildman–Crippen MR) is 52.0 cm³/mol. The second-order valence-electron chi connectivity index (χ2n) is 3.16. The van der Waals surface area contributed by atoms with Crippen molar-refractivity contribution in [2.45, 2.75) is 6.42 Å². The van der Waals surface area contributed by atoms with Gasteiger partial charge in [0.25, 0.3) is 0 Å². The van der Waals surface area contributed by atoms with Gasteiger partial charge in [-0.2, -0.15) is 0 Å². The summed E-state index contributed by atoms with van der Waals surface area (Å²) in [5.41, 5.74) is 0.537. The van der Waals surface area contributed by atoms with E-state index in [1.165, 1.54) is 24.3 Å². The lowest BCUT2D eigenvalue weighted by atomic mass is 10.1. The summed E-state index contributed by atoms with van der Waals surface area (Å²) in [6.45, 7) is 0. The normalized spacial score (nSPS) is 11.4. The summed E-state index contributed by atoms with van der Waals surface area (Å²) in [5.74, 6) is -0.976. The molecule has 0 spiro atoms. The fourth-order valence-corrected chi connectivity index (χ4v) is 1.69. The molecule has 1 aromatic rings. The summed E-state index contributed by atoms with van der Waals surface area (Å²) in [7, 11) is -4.29. The summed E-state index contributed by atoms with van der Waals surface area (Å²) >= 11 is 0. The van der Waals surface area contributed by atoms with Gasteiger partial charge in [-0.1, -0.05) is 12.1 Å². The van der Waals surface area contributed by atoms with Crippen LogP contribution in [0, 0.1) is 5.82 Å². The molecule has 0 saturated heterocycles. The minimum absolute atomic E-state index is 0.0919. The van der Waals surface area contributed by atoms with Gasteiger partial charge in [0.2, 0.25) is 0 Å². The lowest BCUT2D eigenvalue weighted by Crippen LogP contribution is -2.08. The quantitative estimate of drug-likeness (QED) is 0.762. The first-order valence-corrected chi connectivity index (χ1v) is 5.97. The molecule has 0 aromatic heterocycles. The zero-order chi connectivity index (χ0) is 11.5. The fourth-order valence-electron chi connectivity index (χ4n) is 1.12. The predicted octanol–water partition coefficient (Wildman–Crippen LogP) is 1.11. The molecule has 0 bridgehead atoms. The van der Waals surface area contributed by atoms with Gasteiger partial charge in [0.15, 0.2) is 0 Å². The van der Waals surface area contributed by atoms with Gasteiger partial charge in [0.1, 0.15) is 17.8 Å². The third-order valence-electron chi connectivity index (χ3n) is 1.70. The Labute approximate surface area is 85.9 Å². The molecule has 0 saturated carbocycles. The van der Waals surface area contributed by atoms with E-state index in [-0.39, 0.29) is 6.42 Å². The molecular weight excluding hydrogens is 222 g/mol. The lowest BCUT2D eigenvalue weighted by Gasteiger charge is -2.03. The van der Waals surface area contributed by atoms with Crippen molar-refractivity contribution < 1.29 is 23.5 Å². The minimum Gasteiger partial charge on any atom is -0.324 e. The molecule has 0 aliphatic carbocycles. The van der Waals surface area contributed by atoms with Crippen molar-refractivity contribution in [1.29, 1.82) is 0 Å². The lowest BCUT2D eigenvalue weighted by molar-refractivity contribution is -0.116. The first-order chi connectivity index (χ1) is 6.87. The van der Waals surface area contributed by atoms with Crippen molar-refractivity contribution in [2.24, 2.45) is 0 Å². The van der Waals surface area contributed by atoms with Crippen molar-refractivity contribution in [3.05, 3.63) is 35.6 Å². The van der Waals surface area contributed by atoms with Crippen LogP contribution in [0.25, 0.3) is 0 Å². The molecule has 0 aliphatic heterocycles. The summed E-state index contributed by atoms with van der Waals surface area (Å²) in [4.78, 5) is 28.2. The highest BCUT2D eigenvalue weighted by atomic mass is 31.2. The van der Waals surface area contributed by atoms with Gasteiger partial charge >= 0.3 is 7.60 Å². The molecule has 4 nitrogen and oxygen atoms in total. The number of rotatable bonds is 4. The first-order valence-electron chi connectivity index (χ1n) is 4.17. The molecule has 0 atom stereocenters. The van der Waals surface area contributed by atoms with E-state index in [4.69, 9.17) is 9.79 Å². The SMILES string of the molecule is O=C(Cc1ccc(F)cc1)CP(=O)(O)O. The van der Waals surface area contributed by atoms with Gasteiger partial charge in [0, 0.05) is 6.42 Å². The van der Waals surface area contributed by atoms with Crippen LogP contribution >= 0.6 is 7.60 Å². The summed E-state index contributed by atoms with van der Waals surface area (Å²) in [5, 5.41) is 0. The second kappa shape index (κ2) is 4.66.